The lowest BCUT2D eigenvalue weighted by Gasteiger charge is -2.27. The van der Waals surface area contributed by atoms with Crippen LogP contribution in [0, 0.1) is 0 Å². The Balaban J connectivity index is 1.63. The number of amides is 2. The van der Waals surface area contributed by atoms with E-state index in [-0.39, 0.29) is 25.1 Å². The Kier molecular flexibility index (Phi) is 5.03. The molecule has 0 spiro atoms. The van der Waals surface area contributed by atoms with Crippen LogP contribution in [0.1, 0.15) is 55.4 Å². The number of hydrogen-bond donors (Lipinski definition) is 2. The summed E-state index contributed by atoms with van der Waals surface area (Å²) in [6, 6.07) is -0.185. The summed E-state index contributed by atoms with van der Waals surface area (Å²) in [4.78, 5) is 18.4. The van der Waals surface area contributed by atoms with Crippen molar-refractivity contribution >= 4 is 6.03 Å². The number of fused-ring (bicyclic) bond motifs is 1. The van der Waals surface area contributed by atoms with Gasteiger partial charge in [0.1, 0.15) is 0 Å². The van der Waals surface area contributed by atoms with Crippen molar-refractivity contribution in [1.29, 1.82) is 0 Å². The number of nitrogens with zero attached hydrogens (tertiary/aromatic N) is 5. The van der Waals surface area contributed by atoms with Gasteiger partial charge in [0.05, 0.1) is 25.4 Å². The maximum absolute atomic E-state index is 12.4. The molecule has 0 saturated heterocycles. The van der Waals surface area contributed by atoms with Crippen LogP contribution in [-0.2, 0) is 32.7 Å². The molecule has 2 N–H and O–H groups in total. The summed E-state index contributed by atoms with van der Waals surface area (Å²) >= 11 is 0. The number of carbonyl (C=O) groups excluding carboxylic acids is 1. The van der Waals surface area contributed by atoms with Gasteiger partial charge in [0.15, 0.2) is 5.82 Å². The molecule has 0 bridgehead atoms. The molecule has 0 fully saturated rings. The largest absolute Gasteiger partial charge is 0.390 e. The zero-order valence-electron chi connectivity index (χ0n) is 14.8. The number of aryl methyl sites for hydroxylation is 1. The zero-order valence-corrected chi connectivity index (χ0v) is 14.8. The minimum atomic E-state index is -0.185. The number of aromatic nitrogens is 4. The van der Waals surface area contributed by atoms with Gasteiger partial charge in [-0.25, -0.2) is 4.79 Å². The Morgan fingerprint density at radius 3 is 2.88 bits per heavy atom. The van der Waals surface area contributed by atoms with Gasteiger partial charge >= 0.3 is 6.03 Å². The van der Waals surface area contributed by atoms with E-state index < -0.39 is 0 Å². The predicted octanol–water partition coefficient (Wildman–Crippen LogP) is 1.17. The molecule has 9 nitrogen and oxygen atoms in total. The lowest BCUT2D eigenvalue weighted by Crippen LogP contribution is -2.42. The molecule has 1 aliphatic heterocycles. The second-order valence-electron chi connectivity index (χ2n) is 6.38. The van der Waals surface area contributed by atoms with E-state index in [1.165, 1.54) is 0 Å². The molecule has 1 aliphatic rings. The molecule has 0 saturated carbocycles. The lowest BCUT2D eigenvalue weighted by atomic mass is 10.1. The second-order valence-corrected chi connectivity index (χ2v) is 6.38. The number of carbonyl (C=O) groups is 1. The Morgan fingerprint density at radius 1 is 1.44 bits per heavy atom. The van der Waals surface area contributed by atoms with Crippen molar-refractivity contribution in [3.05, 3.63) is 28.7 Å². The van der Waals surface area contributed by atoms with Gasteiger partial charge in [0, 0.05) is 36.7 Å². The summed E-state index contributed by atoms with van der Waals surface area (Å²) in [6.45, 7) is 7.87. The van der Waals surface area contributed by atoms with Crippen LogP contribution in [0.2, 0.25) is 0 Å². The van der Waals surface area contributed by atoms with Crippen LogP contribution >= 0.6 is 0 Å². The van der Waals surface area contributed by atoms with Gasteiger partial charge in [-0.05, 0) is 6.92 Å². The van der Waals surface area contributed by atoms with Gasteiger partial charge in [0.25, 0.3) is 0 Å². The first kappa shape index (κ1) is 17.4. The van der Waals surface area contributed by atoms with E-state index in [1.54, 1.807) is 4.90 Å². The van der Waals surface area contributed by atoms with Crippen LogP contribution in [0.15, 0.2) is 4.52 Å². The molecule has 25 heavy (non-hydrogen) atoms. The van der Waals surface area contributed by atoms with E-state index in [1.807, 2.05) is 25.5 Å². The minimum Gasteiger partial charge on any atom is -0.390 e. The molecular weight excluding hydrogens is 324 g/mol. The highest BCUT2D eigenvalue weighted by atomic mass is 16.5. The first-order chi connectivity index (χ1) is 12.0. The Morgan fingerprint density at radius 2 is 2.24 bits per heavy atom. The highest BCUT2D eigenvalue weighted by molar-refractivity contribution is 5.74. The van der Waals surface area contributed by atoms with Crippen LogP contribution in [0.25, 0.3) is 0 Å². The third-order valence-corrected chi connectivity index (χ3v) is 4.33. The van der Waals surface area contributed by atoms with Crippen molar-refractivity contribution in [2.75, 3.05) is 6.54 Å². The molecule has 136 valence electrons. The summed E-state index contributed by atoms with van der Waals surface area (Å²) in [5, 5.41) is 20.6. The number of urea groups is 1. The van der Waals surface area contributed by atoms with E-state index in [9.17, 15) is 9.90 Å². The van der Waals surface area contributed by atoms with Gasteiger partial charge in [-0.2, -0.15) is 10.1 Å². The topological polar surface area (TPSA) is 109 Å². The SMILES string of the molecule is CCn1nc(CO)c2c1CCN(C(=O)NCc1noc(C(C)C)n1)C2. The Bertz CT molecular complexity index is 751. The molecule has 3 heterocycles. The van der Waals surface area contributed by atoms with Gasteiger partial charge in [0.2, 0.25) is 5.89 Å². The minimum absolute atomic E-state index is 0.119. The smallest absolute Gasteiger partial charge is 0.318 e. The molecule has 0 unspecified atom stereocenters. The van der Waals surface area contributed by atoms with Gasteiger partial charge in [-0.15, -0.1) is 0 Å². The third kappa shape index (κ3) is 3.51. The quantitative estimate of drug-likeness (QED) is 0.839. The highest BCUT2D eigenvalue weighted by Gasteiger charge is 2.27. The summed E-state index contributed by atoms with van der Waals surface area (Å²) in [5.74, 6) is 1.18. The Hall–Kier alpha value is -2.42. The van der Waals surface area contributed by atoms with Crippen LogP contribution < -0.4 is 5.32 Å². The van der Waals surface area contributed by atoms with Crippen LogP contribution in [0.4, 0.5) is 4.79 Å². The van der Waals surface area contributed by atoms with Crippen LogP contribution in [0.5, 0.6) is 0 Å². The molecule has 9 heteroatoms. The monoisotopic (exact) mass is 348 g/mol. The maximum atomic E-state index is 12.4. The van der Waals surface area contributed by atoms with E-state index in [2.05, 4.69) is 20.6 Å². The zero-order chi connectivity index (χ0) is 18.0. The maximum Gasteiger partial charge on any atom is 0.318 e. The third-order valence-electron chi connectivity index (χ3n) is 4.33. The number of hydrogen-bond acceptors (Lipinski definition) is 6. The van der Waals surface area contributed by atoms with E-state index in [0.717, 1.165) is 24.2 Å². The molecular formula is C16H24N6O3. The predicted molar refractivity (Wildman–Crippen MR) is 88.6 cm³/mol. The first-order valence-electron chi connectivity index (χ1n) is 8.57. The van der Waals surface area contributed by atoms with E-state index >= 15 is 0 Å². The molecule has 2 aromatic rings. The normalized spacial score (nSPS) is 14.0. The van der Waals surface area contributed by atoms with Crippen molar-refractivity contribution < 1.29 is 14.4 Å². The van der Waals surface area contributed by atoms with Crippen molar-refractivity contribution in [2.45, 2.75) is 59.4 Å². The fourth-order valence-corrected chi connectivity index (χ4v) is 2.96. The van der Waals surface area contributed by atoms with Crippen molar-refractivity contribution in [3.63, 3.8) is 0 Å². The molecule has 0 atom stereocenters. The summed E-state index contributed by atoms with van der Waals surface area (Å²) < 4.78 is 7.04. The Labute approximate surface area is 146 Å². The second kappa shape index (κ2) is 7.22. The summed E-state index contributed by atoms with van der Waals surface area (Å²) in [6.07, 6.45) is 0.725. The molecule has 3 rings (SSSR count). The fourth-order valence-electron chi connectivity index (χ4n) is 2.96. The van der Waals surface area contributed by atoms with Crippen molar-refractivity contribution in [1.82, 2.24) is 30.1 Å². The van der Waals surface area contributed by atoms with Gasteiger partial charge in [-0.1, -0.05) is 19.0 Å². The number of aliphatic hydroxyl groups excluding tert-OH is 1. The van der Waals surface area contributed by atoms with Crippen LogP contribution in [-0.4, -0.2) is 42.5 Å². The first-order valence-corrected chi connectivity index (χ1v) is 8.57. The van der Waals surface area contributed by atoms with E-state index in [0.29, 0.717) is 30.5 Å². The molecule has 2 amide bonds. The average molecular weight is 348 g/mol. The molecule has 0 radical (unpaired) electrons. The van der Waals surface area contributed by atoms with Gasteiger partial charge in [-0.3, -0.25) is 4.68 Å². The molecule has 0 aliphatic carbocycles. The van der Waals surface area contributed by atoms with Crippen molar-refractivity contribution in [3.8, 4) is 0 Å². The molecule has 2 aromatic heterocycles. The van der Waals surface area contributed by atoms with E-state index in [4.69, 9.17) is 4.52 Å². The van der Waals surface area contributed by atoms with Crippen LogP contribution in [0.3, 0.4) is 0 Å². The summed E-state index contributed by atoms with van der Waals surface area (Å²) in [7, 11) is 0. The lowest BCUT2D eigenvalue weighted by molar-refractivity contribution is 0.190. The molecule has 0 aromatic carbocycles. The standard InChI is InChI=1S/C16H24N6O3/c1-4-22-13-5-6-21(8-11(13)12(9-23)19-22)16(24)17-7-14-18-15(10(2)3)25-20-14/h10,23H,4-9H2,1-3H3,(H,17,24). The van der Waals surface area contributed by atoms with Crippen molar-refractivity contribution in [2.24, 2.45) is 0 Å². The number of nitrogens with one attached hydrogen (secondary N) is 1. The average Bonchev–Trinajstić information content (AvgIpc) is 3.23. The number of aliphatic hydroxyl groups is 1. The number of rotatable bonds is 5. The highest BCUT2D eigenvalue weighted by Crippen LogP contribution is 2.23. The summed E-state index contributed by atoms with van der Waals surface area (Å²) in [5.41, 5.74) is 2.71. The fraction of sp³-hybridized carbons (Fsp3) is 0.625. The van der Waals surface area contributed by atoms with Gasteiger partial charge < -0.3 is 19.8 Å².